The van der Waals surface area contributed by atoms with Crippen molar-refractivity contribution in [3.8, 4) is 11.5 Å². The number of phenols is 1. The third-order valence-corrected chi connectivity index (χ3v) is 6.18. The van der Waals surface area contributed by atoms with Crippen LogP contribution in [0.15, 0.2) is 39.1 Å². The molecule has 3 rings (SSSR count). The Labute approximate surface area is 185 Å². The number of carbonyl (C=O) groups excluding carboxylic acids is 2. The van der Waals surface area contributed by atoms with Crippen LogP contribution >= 0.6 is 15.9 Å². The van der Waals surface area contributed by atoms with E-state index < -0.39 is 11.9 Å². The number of phenolic OH excluding ortho intramolecular Hbond substituents is 1. The third kappa shape index (κ3) is 4.00. The van der Waals surface area contributed by atoms with Gasteiger partial charge < -0.3 is 19.9 Å². The topological polar surface area (TPSA) is 84.9 Å². The zero-order chi connectivity index (χ0) is 22.2. The molecule has 1 aromatic rings. The van der Waals surface area contributed by atoms with E-state index in [1.54, 1.807) is 19.1 Å². The van der Waals surface area contributed by atoms with Gasteiger partial charge in [0.25, 0.3) is 0 Å². The second-order valence-electron chi connectivity index (χ2n) is 8.41. The fourth-order valence-electron chi connectivity index (χ4n) is 4.33. The van der Waals surface area contributed by atoms with Crippen LogP contribution < -0.4 is 10.1 Å². The molecule has 0 bridgehead atoms. The number of aromatic hydroxyl groups is 1. The van der Waals surface area contributed by atoms with E-state index in [4.69, 9.17) is 9.47 Å². The minimum absolute atomic E-state index is 0.0128. The summed E-state index contributed by atoms with van der Waals surface area (Å²) >= 11 is 3.37. The lowest BCUT2D eigenvalue weighted by Gasteiger charge is -2.40. The summed E-state index contributed by atoms with van der Waals surface area (Å²) in [6.45, 7) is 8.10. The number of hydrogen-bond donors (Lipinski definition) is 2. The number of dihydropyridines is 1. The smallest absolute Gasteiger partial charge is 0.336 e. The van der Waals surface area contributed by atoms with Gasteiger partial charge in [0.1, 0.15) is 0 Å². The van der Waals surface area contributed by atoms with Crippen molar-refractivity contribution >= 4 is 27.7 Å². The number of Topliss-reactive ketones (excluding diaryl/α,β-unsaturated/α-hetero) is 1. The lowest BCUT2D eigenvalue weighted by atomic mass is 9.68. The van der Waals surface area contributed by atoms with Crippen molar-refractivity contribution in [1.82, 2.24) is 5.32 Å². The van der Waals surface area contributed by atoms with Crippen LogP contribution in [0.4, 0.5) is 0 Å². The van der Waals surface area contributed by atoms with Crippen LogP contribution in [0.1, 0.15) is 58.4 Å². The molecule has 1 aliphatic heterocycles. The lowest BCUT2D eigenvalue weighted by Crippen LogP contribution is -2.39. The Balaban J connectivity index is 2.28. The fourth-order valence-corrected chi connectivity index (χ4v) is 4.79. The average molecular weight is 478 g/mol. The second-order valence-corrected chi connectivity index (χ2v) is 9.27. The molecular weight excluding hydrogens is 450 g/mol. The maximum Gasteiger partial charge on any atom is 0.336 e. The summed E-state index contributed by atoms with van der Waals surface area (Å²) in [7, 11) is 1.46. The van der Waals surface area contributed by atoms with Gasteiger partial charge in [-0.1, -0.05) is 20.8 Å². The molecule has 30 heavy (non-hydrogen) atoms. The van der Waals surface area contributed by atoms with Gasteiger partial charge in [0.2, 0.25) is 0 Å². The van der Waals surface area contributed by atoms with E-state index in [1.165, 1.54) is 7.11 Å². The molecule has 2 N–H and O–H groups in total. The molecule has 1 aromatic carbocycles. The van der Waals surface area contributed by atoms with Crippen LogP contribution in [-0.4, -0.2) is 30.6 Å². The number of ketones is 1. The van der Waals surface area contributed by atoms with Crippen LogP contribution in [0.5, 0.6) is 11.5 Å². The summed E-state index contributed by atoms with van der Waals surface area (Å²) in [5.41, 5.74) is 3.16. The first kappa shape index (κ1) is 22.4. The lowest BCUT2D eigenvalue weighted by molar-refractivity contribution is -0.138. The monoisotopic (exact) mass is 477 g/mol. The van der Waals surface area contributed by atoms with Crippen molar-refractivity contribution in [2.75, 3.05) is 13.7 Å². The van der Waals surface area contributed by atoms with Gasteiger partial charge in [-0.25, -0.2) is 4.79 Å². The van der Waals surface area contributed by atoms with E-state index in [0.717, 1.165) is 11.4 Å². The van der Waals surface area contributed by atoms with Crippen molar-refractivity contribution in [2.45, 2.75) is 52.9 Å². The first-order valence-electron chi connectivity index (χ1n) is 10.1. The predicted octanol–water partition coefficient (Wildman–Crippen LogP) is 4.72. The molecule has 1 atom stereocenters. The van der Waals surface area contributed by atoms with E-state index in [2.05, 4.69) is 35.1 Å². The SMILES string of the molecule is CCOC(=O)C1=C(CC)NC2=C(C(=O)CC(C)(C)C2)[C@@H]1c1cc(Br)c(O)c(OC)c1. The largest absolute Gasteiger partial charge is 0.503 e. The molecule has 0 saturated carbocycles. The minimum atomic E-state index is -0.593. The maximum atomic E-state index is 13.3. The van der Waals surface area contributed by atoms with Crippen molar-refractivity contribution in [3.05, 3.63) is 44.7 Å². The Kier molecular flexibility index (Phi) is 6.32. The van der Waals surface area contributed by atoms with E-state index in [1.807, 2.05) is 6.92 Å². The highest BCUT2D eigenvalue weighted by Gasteiger charge is 2.43. The van der Waals surface area contributed by atoms with E-state index in [-0.39, 0.29) is 29.3 Å². The molecule has 0 unspecified atom stereocenters. The van der Waals surface area contributed by atoms with Crippen LogP contribution in [0.25, 0.3) is 0 Å². The molecule has 0 aromatic heterocycles. The summed E-state index contributed by atoms with van der Waals surface area (Å²) in [4.78, 5) is 26.3. The quantitative estimate of drug-likeness (QED) is 0.596. The highest BCUT2D eigenvalue weighted by atomic mass is 79.9. The molecule has 0 spiro atoms. The summed E-state index contributed by atoms with van der Waals surface area (Å²) in [6, 6.07) is 3.41. The number of nitrogens with one attached hydrogen (secondary N) is 1. The summed E-state index contributed by atoms with van der Waals surface area (Å²) < 4.78 is 11.1. The van der Waals surface area contributed by atoms with E-state index >= 15 is 0 Å². The average Bonchev–Trinajstić information content (AvgIpc) is 2.67. The van der Waals surface area contributed by atoms with Gasteiger partial charge >= 0.3 is 5.97 Å². The number of halogens is 1. The van der Waals surface area contributed by atoms with Gasteiger partial charge in [-0.05, 0) is 58.8 Å². The molecule has 7 heteroatoms. The van der Waals surface area contributed by atoms with Gasteiger partial charge in [-0.3, -0.25) is 4.79 Å². The number of benzene rings is 1. The molecule has 1 aliphatic carbocycles. The second kappa shape index (κ2) is 8.46. The highest BCUT2D eigenvalue weighted by Crippen LogP contribution is 2.49. The van der Waals surface area contributed by atoms with Crippen molar-refractivity contribution in [1.29, 1.82) is 0 Å². The maximum absolute atomic E-state index is 13.3. The molecule has 0 saturated heterocycles. The van der Waals surface area contributed by atoms with Crippen LogP contribution in [0, 0.1) is 5.41 Å². The molecule has 0 fully saturated rings. The number of rotatable bonds is 5. The molecule has 0 amide bonds. The van der Waals surface area contributed by atoms with Crippen molar-refractivity contribution < 1.29 is 24.2 Å². The van der Waals surface area contributed by atoms with Gasteiger partial charge in [-0.15, -0.1) is 0 Å². The Morgan fingerprint density at radius 1 is 1.30 bits per heavy atom. The number of allylic oxidation sites excluding steroid dienone is 3. The van der Waals surface area contributed by atoms with E-state index in [9.17, 15) is 14.7 Å². The highest BCUT2D eigenvalue weighted by molar-refractivity contribution is 9.10. The van der Waals surface area contributed by atoms with Crippen molar-refractivity contribution in [2.24, 2.45) is 5.41 Å². The molecule has 162 valence electrons. The van der Waals surface area contributed by atoms with Gasteiger partial charge in [0, 0.05) is 29.3 Å². The van der Waals surface area contributed by atoms with Gasteiger partial charge in [-0.2, -0.15) is 0 Å². The fraction of sp³-hybridized carbons (Fsp3) is 0.478. The first-order chi connectivity index (χ1) is 14.1. The third-order valence-electron chi connectivity index (χ3n) is 5.58. The standard InChI is InChI=1S/C23H28BrNO5/c1-6-14-20(22(28)30-7-2)18(12-8-13(24)21(27)17(9-12)29-5)19-15(25-14)10-23(3,4)11-16(19)26/h8-9,18,25,27H,6-7,10-11H2,1-5H3/t18-/m0/s1. The normalized spacial score (nSPS) is 20.6. The Morgan fingerprint density at radius 3 is 2.60 bits per heavy atom. The Bertz CT molecular complexity index is 961. The van der Waals surface area contributed by atoms with E-state index in [0.29, 0.717) is 40.4 Å². The predicted molar refractivity (Wildman–Crippen MR) is 117 cm³/mol. The van der Waals surface area contributed by atoms with Crippen LogP contribution in [-0.2, 0) is 14.3 Å². The molecule has 2 aliphatic rings. The Hall–Kier alpha value is -2.28. The minimum Gasteiger partial charge on any atom is -0.503 e. The summed E-state index contributed by atoms with van der Waals surface area (Å²) in [5, 5.41) is 13.6. The zero-order valence-electron chi connectivity index (χ0n) is 18.0. The number of hydrogen-bond acceptors (Lipinski definition) is 6. The molecular formula is C23H28BrNO5. The van der Waals surface area contributed by atoms with Gasteiger partial charge in [0.05, 0.1) is 23.8 Å². The number of ether oxygens (including phenoxy) is 2. The van der Waals surface area contributed by atoms with Crippen LogP contribution in [0.3, 0.4) is 0 Å². The number of carbonyl (C=O) groups is 2. The molecule has 1 heterocycles. The van der Waals surface area contributed by atoms with Gasteiger partial charge in [0.15, 0.2) is 17.3 Å². The summed E-state index contributed by atoms with van der Waals surface area (Å²) in [6.07, 6.45) is 1.70. The van der Waals surface area contributed by atoms with Crippen LogP contribution in [0.2, 0.25) is 0 Å². The number of methoxy groups -OCH3 is 1. The Morgan fingerprint density at radius 2 is 2.00 bits per heavy atom. The molecule has 6 nitrogen and oxygen atoms in total. The first-order valence-corrected chi connectivity index (χ1v) is 10.9. The molecule has 0 radical (unpaired) electrons. The number of esters is 1. The van der Waals surface area contributed by atoms with Crippen molar-refractivity contribution in [3.63, 3.8) is 0 Å². The summed E-state index contributed by atoms with van der Waals surface area (Å²) in [5.74, 6) is -0.787. The zero-order valence-corrected chi connectivity index (χ0v) is 19.6.